The number of nitrogens with zero attached hydrogens (tertiary/aromatic N) is 5. The molecule has 0 atom stereocenters. The van der Waals surface area contributed by atoms with Crippen molar-refractivity contribution in [3.05, 3.63) is 71.5 Å². The predicted molar refractivity (Wildman–Crippen MR) is 132 cm³/mol. The number of likely N-dealkylation sites (tertiary alicyclic amines) is 1. The van der Waals surface area contributed by atoms with Crippen molar-refractivity contribution >= 4 is 21.8 Å². The Labute approximate surface area is 200 Å². The number of hydrogen-bond acceptors (Lipinski definition) is 6. The van der Waals surface area contributed by atoms with Crippen LogP contribution in [0.1, 0.15) is 36.2 Å². The van der Waals surface area contributed by atoms with Crippen molar-refractivity contribution in [2.24, 2.45) is 0 Å². The van der Waals surface area contributed by atoms with Crippen LogP contribution in [0.3, 0.4) is 0 Å². The molecule has 0 aliphatic carbocycles. The summed E-state index contributed by atoms with van der Waals surface area (Å²) in [7, 11) is -0.362. The molecule has 3 aromatic rings. The Hall–Kier alpha value is -2.20. The first-order valence-electron chi connectivity index (χ1n) is 11.3. The van der Waals surface area contributed by atoms with Gasteiger partial charge in [0.15, 0.2) is 5.16 Å². The van der Waals surface area contributed by atoms with Crippen LogP contribution >= 0.6 is 11.8 Å². The van der Waals surface area contributed by atoms with Crippen molar-refractivity contribution in [1.29, 1.82) is 0 Å². The van der Waals surface area contributed by atoms with Gasteiger partial charge in [0.25, 0.3) is 0 Å². The molecule has 7 nitrogen and oxygen atoms in total. The Bertz CT molecular complexity index is 1160. The lowest BCUT2D eigenvalue weighted by atomic mass is 10.1. The first kappa shape index (κ1) is 23.9. The summed E-state index contributed by atoms with van der Waals surface area (Å²) < 4.78 is 28.4. The van der Waals surface area contributed by atoms with Crippen LogP contribution in [0.25, 0.3) is 0 Å². The van der Waals surface area contributed by atoms with E-state index in [0.29, 0.717) is 17.2 Å². The second-order valence-corrected chi connectivity index (χ2v) is 11.6. The molecule has 0 bridgehead atoms. The maximum Gasteiger partial charge on any atom is 0.242 e. The number of piperidine rings is 1. The fourth-order valence-electron chi connectivity index (χ4n) is 3.94. The Kier molecular flexibility index (Phi) is 7.85. The molecule has 2 aromatic carbocycles. The number of sulfonamides is 1. The minimum Gasteiger partial charge on any atom is -0.300 e. The Morgan fingerprint density at radius 1 is 0.909 bits per heavy atom. The van der Waals surface area contributed by atoms with Gasteiger partial charge in [0, 0.05) is 19.8 Å². The van der Waals surface area contributed by atoms with Crippen molar-refractivity contribution in [3.8, 4) is 0 Å². The molecule has 33 heavy (non-hydrogen) atoms. The third-order valence-electron chi connectivity index (χ3n) is 5.84. The van der Waals surface area contributed by atoms with Gasteiger partial charge in [0.05, 0.1) is 18.0 Å². The molecule has 9 heteroatoms. The normalized spacial score (nSPS) is 15.2. The molecule has 2 heterocycles. The van der Waals surface area contributed by atoms with E-state index in [-0.39, 0.29) is 0 Å². The van der Waals surface area contributed by atoms with E-state index in [4.69, 9.17) is 0 Å². The van der Waals surface area contributed by atoms with Gasteiger partial charge in [-0.05, 0) is 49.2 Å². The minimum absolute atomic E-state index is 0.308. The summed E-state index contributed by atoms with van der Waals surface area (Å²) in [6.45, 7) is 3.73. The average Bonchev–Trinajstić information content (AvgIpc) is 3.20. The molecular weight excluding hydrogens is 454 g/mol. The molecule has 4 rings (SSSR count). The molecule has 1 fully saturated rings. The summed E-state index contributed by atoms with van der Waals surface area (Å²) in [5.41, 5.74) is 2.15. The molecule has 1 saturated heterocycles. The average molecular weight is 486 g/mol. The third-order valence-corrected chi connectivity index (χ3v) is 8.68. The van der Waals surface area contributed by atoms with Crippen molar-refractivity contribution in [1.82, 2.24) is 24.0 Å². The zero-order valence-electron chi connectivity index (χ0n) is 19.2. The molecule has 0 unspecified atom stereocenters. The number of hydrogen-bond donors (Lipinski definition) is 0. The van der Waals surface area contributed by atoms with Crippen LogP contribution in [0.5, 0.6) is 0 Å². The minimum atomic E-state index is -3.46. The van der Waals surface area contributed by atoms with Gasteiger partial charge in [-0.3, -0.25) is 4.90 Å². The quantitative estimate of drug-likeness (QED) is 0.429. The van der Waals surface area contributed by atoms with Gasteiger partial charge >= 0.3 is 0 Å². The van der Waals surface area contributed by atoms with Crippen LogP contribution in [0, 0.1) is 0 Å². The largest absolute Gasteiger partial charge is 0.300 e. The first-order valence-corrected chi connectivity index (χ1v) is 13.7. The summed E-state index contributed by atoms with van der Waals surface area (Å²) in [4.78, 5) is 2.76. The van der Waals surface area contributed by atoms with Gasteiger partial charge in [0.2, 0.25) is 10.0 Å². The van der Waals surface area contributed by atoms with E-state index < -0.39 is 10.0 Å². The third kappa shape index (κ3) is 6.03. The van der Waals surface area contributed by atoms with Gasteiger partial charge in [-0.15, -0.1) is 10.2 Å². The van der Waals surface area contributed by atoms with Crippen molar-refractivity contribution in [3.63, 3.8) is 0 Å². The maximum atomic E-state index is 12.5. The number of rotatable bonds is 9. The molecular formula is C24H31N5O2S2. The molecule has 1 aliphatic rings. The zero-order valence-corrected chi connectivity index (χ0v) is 20.9. The van der Waals surface area contributed by atoms with Gasteiger partial charge in [-0.1, -0.05) is 60.6 Å². The first-order chi connectivity index (χ1) is 15.9. The molecule has 1 aliphatic heterocycles. The number of thioether (sulfide) groups is 1. The van der Waals surface area contributed by atoms with E-state index in [0.717, 1.165) is 36.2 Å². The van der Waals surface area contributed by atoms with Crippen molar-refractivity contribution < 1.29 is 8.42 Å². The Balaban J connectivity index is 1.54. The summed E-state index contributed by atoms with van der Waals surface area (Å²) >= 11 is 1.59. The highest BCUT2D eigenvalue weighted by Crippen LogP contribution is 2.25. The summed E-state index contributed by atoms with van der Waals surface area (Å²) in [6.07, 6.45) is 3.78. The lowest BCUT2D eigenvalue weighted by Gasteiger charge is -2.26. The molecule has 176 valence electrons. The van der Waals surface area contributed by atoms with Gasteiger partial charge in [-0.25, -0.2) is 12.7 Å². The predicted octanol–water partition coefficient (Wildman–Crippen LogP) is 3.85. The fraction of sp³-hybridized carbons (Fsp3) is 0.417. The highest BCUT2D eigenvalue weighted by molar-refractivity contribution is 7.98. The van der Waals surface area contributed by atoms with E-state index in [2.05, 4.69) is 31.8 Å². The van der Waals surface area contributed by atoms with Crippen LogP contribution < -0.4 is 0 Å². The Morgan fingerprint density at radius 2 is 1.64 bits per heavy atom. The van der Waals surface area contributed by atoms with Crippen LogP contribution in [0.2, 0.25) is 0 Å². The van der Waals surface area contributed by atoms with Crippen LogP contribution in [0.4, 0.5) is 0 Å². The SMILES string of the molecule is CN(C)S(=O)(=O)c1cccc(CSc2nnc(CN3CCCCC3)n2Cc2ccccc2)c1. The maximum absolute atomic E-state index is 12.5. The van der Waals surface area contributed by atoms with Crippen molar-refractivity contribution in [2.75, 3.05) is 27.2 Å². The van der Waals surface area contributed by atoms with Gasteiger partial charge in [0.1, 0.15) is 5.82 Å². The molecule has 0 radical (unpaired) electrons. The van der Waals surface area contributed by atoms with Crippen LogP contribution in [-0.2, 0) is 28.9 Å². The monoisotopic (exact) mass is 485 g/mol. The van der Waals surface area contributed by atoms with Gasteiger partial charge in [-0.2, -0.15) is 0 Å². The fourth-order valence-corrected chi connectivity index (χ4v) is 5.81. The Morgan fingerprint density at radius 3 is 2.36 bits per heavy atom. The van der Waals surface area contributed by atoms with E-state index >= 15 is 0 Å². The second-order valence-electron chi connectivity index (χ2n) is 8.53. The highest BCUT2D eigenvalue weighted by atomic mass is 32.2. The van der Waals surface area contributed by atoms with E-state index in [1.165, 1.54) is 29.1 Å². The smallest absolute Gasteiger partial charge is 0.242 e. The lowest BCUT2D eigenvalue weighted by molar-refractivity contribution is 0.213. The van der Waals surface area contributed by atoms with Crippen LogP contribution in [-0.4, -0.2) is 59.6 Å². The summed E-state index contributed by atoms with van der Waals surface area (Å²) in [5, 5.41) is 9.92. The molecule has 0 amide bonds. The van der Waals surface area contributed by atoms with E-state index in [1.807, 2.05) is 24.3 Å². The molecule has 0 N–H and O–H groups in total. The van der Waals surface area contributed by atoms with Crippen LogP contribution in [0.15, 0.2) is 64.6 Å². The lowest BCUT2D eigenvalue weighted by Crippen LogP contribution is -2.30. The second kappa shape index (κ2) is 10.8. The number of benzene rings is 2. The van der Waals surface area contributed by atoms with Crippen molar-refractivity contribution in [2.45, 2.75) is 48.2 Å². The topological polar surface area (TPSA) is 71.3 Å². The number of aromatic nitrogens is 3. The molecule has 1 aromatic heterocycles. The molecule has 0 saturated carbocycles. The summed E-state index contributed by atoms with van der Waals surface area (Å²) in [6, 6.07) is 17.5. The zero-order chi connectivity index (χ0) is 23.3. The van der Waals surface area contributed by atoms with Gasteiger partial charge < -0.3 is 4.57 Å². The standard InChI is InChI=1S/C24H31N5O2S2/c1-27(2)33(30,31)22-13-9-12-21(16-22)19-32-24-26-25-23(18-28-14-7-4-8-15-28)29(24)17-20-10-5-3-6-11-20/h3,5-6,9-13,16H,4,7-8,14-15,17-19H2,1-2H3. The summed E-state index contributed by atoms with van der Waals surface area (Å²) in [5.74, 6) is 1.60. The molecule has 0 spiro atoms. The van der Waals surface area contributed by atoms with E-state index in [9.17, 15) is 8.42 Å². The van der Waals surface area contributed by atoms with E-state index in [1.54, 1.807) is 44.1 Å². The highest BCUT2D eigenvalue weighted by Gasteiger charge is 2.19.